The van der Waals surface area contributed by atoms with Crippen molar-refractivity contribution in [3.8, 4) is 0 Å². The third kappa shape index (κ3) is 3.56. The fourth-order valence-electron chi connectivity index (χ4n) is 0.990. The maximum Gasteiger partial charge on any atom is 0.0473 e. The van der Waals surface area contributed by atoms with Gasteiger partial charge in [-0.25, -0.2) is 0 Å². The Morgan fingerprint density at radius 1 is 1.31 bits per heavy atom. The van der Waals surface area contributed by atoms with E-state index in [-0.39, 0.29) is 0 Å². The average molecular weight is 175 g/mol. The number of hydrogen-bond acceptors (Lipinski definition) is 2. The number of nitrogens with zero attached hydrogens (tertiary/aromatic N) is 1. The molecule has 0 aromatic heterocycles. The highest BCUT2D eigenvalue weighted by atomic mass is 16.4. The van der Waals surface area contributed by atoms with E-state index in [1.807, 2.05) is 12.2 Å². The van der Waals surface area contributed by atoms with E-state index >= 15 is 0 Å². The van der Waals surface area contributed by atoms with Gasteiger partial charge in [0.05, 0.1) is 0 Å². The summed E-state index contributed by atoms with van der Waals surface area (Å²) in [6, 6.07) is 8.25. The van der Waals surface area contributed by atoms with E-state index in [4.69, 9.17) is 5.21 Å². The van der Waals surface area contributed by atoms with Crippen LogP contribution in [0.5, 0.6) is 0 Å². The second-order valence-electron chi connectivity index (χ2n) is 2.85. The third-order valence-electron chi connectivity index (χ3n) is 1.71. The highest BCUT2D eigenvalue weighted by Gasteiger charge is 1.84. The summed E-state index contributed by atoms with van der Waals surface area (Å²) in [7, 11) is 0. The van der Waals surface area contributed by atoms with Gasteiger partial charge in [-0.1, -0.05) is 42.0 Å². The Morgan fingerprint density at radius 2 is 2.00 bits per heavy atom. The zero-order valence-corrected chi connectivity index (χ0v) is 7.64. The minimum atomic E-state index is 0.657. The quantitative estimate of drug-likeness (QED) is 0.427. The number of hydrogen-bond donors (Lipinski definition) is 1. The lowest BCUT2D eigenvalue weighted by Gasteiger charge is -1.93. The summed E-state index contributed by atoms with van der Waals surface area (Å²) in [5, 5.41) is 11.0. The molecule has 0 amide bonds. The van der Waals surface area contributed by atoms with Crippen molar-refractivity contribution < 1.29 is 5.21 Å². The first-order valence-electron chi connectivity index (χ1n) is 4.22. The summed E-state index contributed by atoms with van der Waals surface area (Å²) in [6.07, 6.45) is 6.06. The molecule has 0 unspecified atom stereocenters. The van der Waals surface area contributed by atoms with Crippen LogP contribution in [0.4, 0.5) is 0 Å². The summed E-state index contributed by atoms with van der Waals surface area (Å²) < 4.78 is 0. The smallest absolute Gasteiger partial charge is 0.0473 e. The first-order valence-corrected chi connectivity index (χ1v) is 4.22. The molecule has 2 heteroatoms. The molecule has 13 heavy (non-hydrogen) atoms. The van der Waals surface area contributed by atoms with E-state index in [0.717, 1.165) is 5.56 Å². The normalized spacial score (nSPS) is 11.5. The number of rotatable bonds is 3. The maximum absolute atomic E-state index is 8.14. The average Bonchev–Trinajstić information content (AvgIpc) is 2.15. The minimum Gasteiger partial charge on any atom is -0.411 e. The van der Waals surface area contributed by atoms with Gasteiger partial charge in [0, 0.05) is 12.6 Å². The highest BCUT2D eigenvalue weighted by Crippen LogP contribution is 2.04. The molecule has 0 heterocycles. The van der Waals surface area contributed by atoms with Crippen LogP contribution in [0, 0.1) is 6.92 Å². The van der Waals surface area contributed by atoms with Crippen molar-refractivity contribution in [2.75, 3.05) is 0 Å². The van der Waals surface area contributed by atoms with E-state index in [1.165, 1.54) is 11.8 Å². The summed E-state index contributed by atoms with van der Waals surface area (Å²) in [5.41, 5.74) is 2.42. The Hall–Kier alpha value is -1.57. The minimum absolute atomic E-state index is 0.657. The van der Waals surface area contributed by atoms with Crippen LogP contribution in [0.15, 0.2) is 35.5 Å². The first-order chi connectivity index (χ1) is 6.33. The molecule has 1 N–H and O–H groups in total. The molecule has 1 rings (SSSR count). The van der Waals surface area contributed by atoms with Gasteiger partial charge < -0.3 is 5.21 Å². The molecule has 0 saturated carbocycles. The van der Waals surface area contributed by atoms with Gasteiger partial charge in [-0.3, -0.25) is 0 Å². The first kappa shape index (κ1) is 9.52. The highest BCUT2D eigenvalue weighted by molar-refractivity contribution is 5.62. The van der Waals surface area contributed by atoms with Crippen LogP contribution >= 0.6 is 0 Å². The summed E-state index contributed by atoms with van der Waals surface area (Å²) >= 11 is 0. The van der Waals surface area contributed by atoms with Crippen LogP contribution in [-0.4, -0.2) is 11.4 Å². The van der Waals surface area contributed by atoms with Gasteiger partial charge in [0.25, 0.3) is 0 Å². The van der Waals surface area contributed by atoms with Crippen molar-refractivity contribution in [3.63, 3.8) is 0 Å². The zero-order chi connectivity index (χ0) is 9.52. The Labute approximate surface area is 78.2 Å². The molecule has 0 saturated heterocycles. The van der Waals surface area contributed by atoms with Crippen molar-refractivity contribution >= 4 is 12.3 Å². The lowest BCUT2D eigenvalue weighted by molar-refractivity contribution is 0.321. The van der Waals surface area contributed by atoms with Crippen molar-refractivity contribution in [2.45, 2.75) is 13.3 Å². The largest absolute Gasteiger partial charge is 0.411 e. The molecule has 0 bridgehead atoms. The van der Waals surface area contributed by atoms with Crippen molar-refractivity contribution in [2.24, 2.45) is 5.16 Å². The fourth-order valence-corrected chi connectivity index (χ4v) is 0.990. The van der Waals surface area contributed by atoms with Gasteiger partial charge in [-0.2, -0.15) is 0 Å². The predicted octanol–water partition coefficient (Wildman–Crippen LogP) is 2.86. The second-order valence-corrected chi connectivity index (χ2v) is 2.85. The summed E-state index contributed by atoms with van der Waals surface area (Å²) in [5.74, 6) is 0. The Kier molecular flexibility index (Phi) is 3.76. The molecular formula is C11H13NO. The lowest BCUT2D eigenvalue weighted by atomic mass is 10.1. The summed E-state index contributed by atoms with van der Waals surface area (Å²) in [4.78, 5) is 0. The lowest BCUT2D eigenvalue weighted by Crippen LogP contribution is -1.74. The van der Waals surface area contributed by atoms with E-state index in [2.05, 4.69) is 36.3 Å². The monoisotopic (exact) mass is 175 g/mol. The number of aryl methyl sites for hydroxylation is 1. The molecule has 0 aliphatic carbocycles. The SMILES string of the molecule is Cc1ccc(C=CCC=NO)cc1. The maximum atomic E-state index is 8.14. The Morgan fingerprint density at radius 3 is 2.62 bits per heavy atom. The number of allylic oxidation sites excluding steroid dienone is 1. The van der Waals surface area contributed by atoms with Crippen LogP contribution in [0.25, 0.3) is 6.08 Å². The van der Waals surface area contributed by atoms with Gasteiger partial charge in [-0.15, -0.1) is 5.16 Å². The summed E-state index contributed by atoms with van der Waals surface area (Å²) in [6.45, 7) is 2.06. The number of oxime groups is 1. The molecule has 68 valence electrons. The number of benzene rings is 1. The van der Waals surface area contributed by atoms with Crippen LogP contribution in [-0.2, 0) is 0 Å². The van der Waals surface area contributed by atoms with Crippen LogP contribution < -0.4 is 0 Å². The van der Waals surface area contributed by atoms with E-state index in [9.17, 15) is 0 Å². The molecule has 0 radical (unpaired) electrons. The van der Waals surface area contributed by atoms with Crippen LogP contribution in [0.2, 0.25) is 0 Å². The molecule has 1 aromatic rings. The molecule has 2 nitrogen and oxygen atoms in total. The van der Waals surface area contributed by atoms with Gasteiger partial charge in [0.15, 0.2) is 0 Å². The van der Waals surface area contributed by atoms with Crippen LogP contribution in [0.1, 0.15) is 17.5 Å². The third-order valence-corrected chi connectivity index (χ3v) is 1.71. The molecule has 1 aromatic carbocycles. The Balaban J connectivity index is 2.54. The predicted molar refractivity (Wildman–Crippen MR) is 55.1 cm³/mol. The zero-order valence-electron chi connectivity index (χ0n) is 7.64. The molecule has 0 atom stereocenters. The second kappa shape index (κ2) is 5.14. The van der Waals surface area contributed by atoms with Crippen molar-refractivity contribution in [1.29, 1.82) is 0 Å². The van der Waals surface area contributed by atoms with E-state index in [1.54, 1.807) is 0 Å². The van der Waals surface area contributed by atoms with E-state index < -0.39 is 0 Å². The van der Waals surface area contributed by atoms with Gasteiger partial charge in [-0.05, 0) is 12.5 Å². The molecule has 0 fully saturated rings. The van der Waals surface area contributed by atoms with Gasteiger partial charge in [0.2, 0.25) is 0 Å². The molecule has 0 spiro atoms. The molecular weight excluding hydrogens is 162 g/mol. The topological polar surface area (TPSA) is 32.6 Å². The van der Waals surface area contributed by atoms with Crippen LogP contribution in [0.3, 0.4) is 0 Å². The van der Waals surface area contributed by atoms with E-state index in [0.29, 0.717) is 6.42 Å². The standard InChI is InChI=1S/C11H13NO/c1-10-5-7-11(8-6-10)4-2-3-9-12-13/h2,4-9,13H,3H2,1H3. The van der Waals surface area contributed by atoms with Crippen molar-refractivity contribution in [3.05, 3.63) is 41.5 Å². The van der Waals surface area contributed by atoms with Crippen molar-refractivity contribution in [1.82, 2.24) is 0 Å². The van der Waals surface area contributed by atoms with Gasteiger partial charge >= 0.3 is 0 Å². The fraction of sp³-hybridized carbons (Fsp3) is 0.182. The van der Waals surface area contributed by atoms with Gasteiger partial charge in [0.1, 0.15) is 0 Å². The molecule has 0 aliphatic heterocycles. The molecule has 0 aliphatic rings. The Bertz CT molecular complexity index is 298.